The zero-order valence-corrected chi connectivity index (χ0v) is 17.2. The molecule has 0 aliphatic carbocycles. The number of nitrogens with one attached hydrogen (secondary N) is 1. The van der Waals surface area contributed by atoms with Gasteiger partial charge in [-0.25, -0.2) is 4.68 Å². The van der Waals surface area contributed by atoms with Crippen LogP contribution in [0.5, 0.6) is 0 Å². The molecule has 0 unspecified atom stereocenters. The van der Waals surface area contributed by atoms with E-state index < -0.39 is 0 Å². The number of aromatic nitrogens is 2. The zero-order valence-electron chi connectivity index (χ0n) is 15.6. The summed E-state index contributed by atoms with van der Waals surface area (Å²) in [6, 6.07) is 13.3. The van der Waals surface area contributed by atoms with Gasteiger partial charge in [0, 0.05) is 24.5 Å². The number of amides is 3. The normalized spacial score (nSPS) is 13.7. The lowest BCUT2D eigenvalue weighted by atomic mass is 10.2. The molecule has 1 fully saturated rings. The van der Waals surface area contributed by atoms with Crippen LogP contribution < -0.4 is 10.2 Å². The van der Waals surface area contributed by atoms with Crippen molar-refractivity contribution >= 4 is 52.4 Å². The van der Waals surface area contributed by atoms with Crippen LogP contribution >= 0.6 is 23.2 Å². The van der Waals surface area contributed by atoms with Crippen molar-refractivity contribution in [3.63, 3.8) is 0 Å². The van der Waals surface area contributed by atoms with Gasteiger partial charge in [-0.1, -0.05) is 35.3 Å². The van der Waals surface area contributed by atoms with E-state index in [1.54, 1.807) is 53.3 Å². The molecule has 152 valence electrons. The molecule has 0 saturated carbocycles. The molecule has 7 nitrogen and oxygen atoms in total. The van der Waals surface area contributed by atoms with E-state index in [0.29, 0.717) is 33.7 Å². The molecule has 0 bridgehead atoms. The predicted molar refractivity (Wildman–Crippen MR) is 114 cm³/mol. The molecule has 3 amide bonds. The highest BCUT2D eigenvalue weighted by atomic mass is 35.5. The summed E-state index contributed by atoms with van der Waals surface area (Å²) in [5, 5.41) is 7.92. The number of nitrogens with zero attached hydrogens (tertiary/aromatic N) is 3. The summed E-state index contributed by atoms with van der Waals surface area (Å²) in [6.45, 7) is 0.333. The third-order valence-electron chi connectivity index (χ3n) is 4.75. The van der Waals surface area contributed by atoms with Gasteiger partial charge in [-0.15, -0.1) is 0 Å². The average molecular weight is 443 g/mol. The zero-order chi connectivity index (χ0) is 21.3. The van der Waals surface area contributed by atoms with Gasteiger partial charge in [0.2, 0.25) is 11.8 Å². The van der Waals surface area contributed by atoms with Crippen molar-refractivity contribution in [3.8, 4) is 0 Å². The highest BCUT2D eigenvalue weighted by molar-refractivity contribution is 6.42. The first kappa shape index (κ1) is 20.1. The van der Waals surface area contributed by atoms with Crippen molar-refractivity contribution in [1.82, 2.24) is 9.78 Å². The van der Waals surface area contributed by atoms with Crippen LogP contribution in [0.15, 0.2) is 54.7 Å². The van der Waals surface area contributed by atoms with Gasteiger partial charge in [-0.05, 0) is 35.9 Å². The molecular formula is C21H16Cl2N4O3. The van der Waals surface area contributed by atoms with Crippen LogP contribution in [0.1, 0.15) is 28.8 Å². The summed E-state index contributed by atoms with van der Waals surface area (Å²) in [5.74, 6) is -0.328. The van der Waals surface area contributed by atoms with E-state index in [1.165, 1.54) is 0 Å². The quantitative estimate of drug-likeness (QED) is 0.601. The Kier molecular flexibility index (Phi) is 5.57. The average Bonchev–Trinajstić information content (AvgIpc) is 3.31. The van der Waals surface area contributed by atoms with Crippen LogP contribution in [0.4, 0.5) is 11.5 Å². The number of carbonyl (C=O) groups is 3. The van der Waals surface area contributed by atoms with Crippen LogP contribution in [-0.2, 0) is 16.1 Å². The number of halogens is 2. The first-order valence-electron chi connectivity index (χ1n) is 9.16. The van der Waals surface area contributed by atoms with Gasteiger partial charge in [-0.3, -0.25) is 19.3 Å². The Morgan fingerprint density at radius 1 is 1.00 bits per heavy atom. The second-order valence-corrected chi connectivity index (χ2v) is 7.50. The topological polar surface area (TPSA) is 84.3 Å². The Labute approximate surface area is 182 Å². The van der Waals surface area contributed by atoms with Crippen molar-refractivity contribution < 1.29 is 14.4 Å². The van der Waals surface area contributed by atoms with Gasteiger partial charge in [0.15, 0.2) is 0 Å². The van der Waals surface area contributed by atoms with Gasteiger partial charge >= 0.3 is 0 Å². The maximum atomic E-state index is 12.7. The first-order valence-corrected chi connectivity index (χ1v) is 9.91. The van der Waals surface area contributed by atoms with Crippen molar-refractivity contribution in [2.24, 2.45) is 0 Å². The SMILES string of the molecule is O=C(Nc1ccnn1Cc1cccc(Cl)c1Cl)c1ccc(N2C(=O)CCC2=O)cc1. The third-order valence-corrected chi connectivity index (χ3v) is 5.61. The van der Waals surface area contributed by atoms with E-state index in [4.69, 9.17) is 23.2 Å². The fraction of sp³-hybridized carbons (Fsp3) is 0.143. The lowest BCUT2D eigenvalue weighted by molar-refractivity contribution is -0.121. The van der Waals surface area contributed by atoms with Gasteiger partial charge in [0.1, 0.15) is 5.82 Å². The fourth-order valence-corrected chi connectivity index (χ4v) is 3.59. The Balaban J connectivity index is 1.48. The van der Waals surface area contributed by atoms with E-state index >= 15 is 0 Å². The molecule has 2 aromatic carbocycles. The van der Waals surface area contributed by atoms with Gasteiger partial charge < -0.3 is 5.32 Å². The molecule has 2 heterocycles. The highest BCUT2D eigenvalue weighted by Crippen LogP contribution is 2.27. The molecule has 9 heteroatoms. The molecular weight excluding hydrogens is 427 g/mol. The molecule has 0 radical (unpaired) electrons. The smallest absolute Gasteiger partial charge is 0.256 e. The van der Waals surface area contributed by atoms with Crippen LogP contribution in [0.25, 0.3) is 0 Å². The van der Waals surface area contributed by atoms with Gasteiger partial charge in [0.25, 0.3) is 5.91 Å². The summed E-state index contributed by atoms with van der Waals surface area (Å²) >= 11 is 12.3. The highest BCUT2D eigenvalue weighted by Gasteiger charge is 2.30. The molecule has 1 aromatic heterocycles. The molecule has 1 aliphatic heterocycles. The largest absolute Gasteiger partial charge is 0.307 e. The number of hydrogen-bond donors (Lipinski definition) is 1. The van der Waals surface area contributed by atoms with E-state index in [9.17, 15) is 14.4 Å². The van der Waals surface area contributed by atoms with Crippen molar-refractivity contribution in [2.75, 3.05) is 10.2 Å². The maximum Gasteiger partial charge on any atom is 0.256 e. The molecule has 1 N–H and O–H groups in total. The van der Waals surface area contributed by atoms with Crippen molar-refractivity contribution in [1.29, 1.82) is 0 Å². The Hall–Kier alpha value is -3.16. The molecule has 30 heavy (non-hydrogen) atoms. The number of anilines is 2. The monoisotopic (exact) mass is 442 g/mol. The summed E-state index contributed by atoms with van der Waals surface area (Å²) in [5.41, 5.74) is 1.61. The Bertz CT molecular complexity index is 1130. The van der Waals surface area contributed by atoms with Gasteiger partial charge in [-0.2, -0.15) is 5.10 Å². The molecule has 0 atom stereocenters. The van der Waals surface area contributed by atoms with Crippen LogP contribution in [0.2, 0.25) is 10.0 Å². The molecule has 0 spiro atoms. The van der Waals surface area contributed by atoms with E-state index in [2.05, 4.69) is 10.4 Å². The lowest BCUT2D eigenvalue weighted by Crippen LogP contribution is -2.28. The lowest BCUT2D eigenvalue weighted by Gasteiger charge is -2.14. The minimum absolute atomic E-state index is 0.210. The number of carbonyl (C=O) groups excluding carboxylic acids is 3. The van der Waals surface area contributed by atoms with Crippen LogP contribution in [-0.4, -0.2) is 27.5 Å². The number of hydrogen-bond acceptors (Lipinski definition) is 4. The van der Waals surface area contributed by atoms with Gasteiger partial charge in [0.05, 0.1) is 28.5 Å². The molecule has 1 aliphatic rings. The Morgan fingerprint density at radius 2 is 1.70 bits per heavy atom. The van der Waals surface area contributed by atoms with Crippen molar-refractivity contribution in [2.45, 2.75) is 19.4 Å². The Morgan fingerprint density at radius 3 is 2.40 bits per heavy atom. The molecule has 1 saturated heterocycles. The second kappa shape index (κ2) is 8.30. The van der Waals surface area contributed by atoms with Crippen LogP contribution in [0, 0.1) is 0 Å². The van der Waals surface area contributed by atoms with E-state index in [0.717, 1.165) is 10.5 Å². The molecule has 3 aromatic rings. The summed E-state index contributed by atoms with van der Waals surface area (Å²) in [6.07, 6.45) is 1.99. The minimum Gasteiger partial charge on any atom is -0.307 e. The van der Waals surface area contributed by atoms with E-state index in [-0.39, 0.29) is 30.6 Å². The fourth-order valence-electron chi connectivity index (χ4n) is 3.21. The third kappa shape index (κ3) is 3.94. The standard InChI is InChI=1S/C21H16Cl2N4O3/c22-16-3-1-2-14(20(16)23)12-26-17(10-11-24-26)25-21(30)13-4-6-15(7-5-13)27-18(28)8-9-19(27)29/h1-7,10-11H,8-9,12H2,(H,25,30). The van der Waals surface area contributed by atoms with E-state index in [1.807, 2.05) is 6.07 Å². The number of rotatable bonds is 5. The van der Waals surface area contributed by atoms with Crippen molar-refractivity contribution in [3.05, 3.63) is 75.9 Å². The summed E-state index contributed by atoms with van der Waals surface area (Å²) in [7, 11) is 0. The summed E-state index contributed by atoms with van der Waals surface area (Å²) < 4.78 is 1.60. The predicted octanol–water partition coefficient (Wildman–Crippen LogP) is 4.14. The first-order chi connectivity index (χ1) is 14.4. The summed E-state index contributed by atoms with van der Waals surface area (Å²) in [4.78, 5) is 37.5. The van der Waals surface area contributed by atoms with Crippen LogP contribution in [0.3, 0.4) is 0 Å². The maximum absolute atomic E-state index is 12.7. The number of imide groups is 1. The second-order valence-electron chi connectivity index (χ2n) is 6.71. The molecule has 4 rings (SSSR count). The number of benzene rings is 2. The minimum atomic E-state index is -0.348.